The van der Waals surface area contributed by atoms with Crippen molar-refractivity contribution in [2.45, 2.75) is 24.3 Å². The number of nitrogens with zero attached hydrogens (tertiary/aromatic N) is 1. The Morgan fingerprint density at radius 2 is 1.92 bits per heavy atom. The van der Waals surface area contributed by atoms with Gasteiger partial charge in [0.15, 0.2) is 0 Å². The lowest BCUT2D eigenvalue weighted by Gasteiger charge is -2.32. The molecule has 1 heterocycles. The normalized spacial score (nSPS) is 16.7. The molecule has 7 heteroatoms. The summed E-state index contributed by atoms with van der Waals surface area (Å²) in [6.07, 6.45) is 0.728. The van der Waals surface area contributed by atoms with Crippen LogP contribution in [0.3, 0.4) is 0 Å². The van der Waals surface area contributed by atoms with Crippen LogP contribution in [0.5, 0.6) is 11.5 Å². The molecule has 0 bridgehead atoms. The second-order valence-corrected chi connectivity index (χ2v) is 8.28. The van der Waals surface area contributed by atoms with Crippen LogP contribution in [0, 0.1) is 6.92 Å². The van der Waals surface area contributed by atoms with Crippen molar-refractivity contribution in [2.24, 2.45) is 0 Å². The van der Waals surface area contributed by atoms with Gasteiger partial charge >= 0.3 is 0 Å². The van der Waals surface area contributed by atoms with E-state index in [1.807, 2.05) is 20.2 Å². The van der Waals surface area contributed by atoms with Crippen molar-refractivity contribution in [3.05, 3.63) is 47.5 Å². The molecule has 140 valence electrons. The highest BCUT2D eigenvalue weighted by Crippen LogP contribution is 2.40. The van der Waals surface area contributed by atoms with E-state index >= 15 is 0 Å². The molecule has 0 amide bonds. The van der Waals surface area contributed by atoms with Crippen molar-refractivity contribution in [1.82, 2.24) is 4.90 Å². The zero-order valence-corrected chi connectivity index (χ0v) is 16.3. The van der Waals surface area contributed by atoms with Crippen molar-refractivity contribution in [2.75, 3.05) is 32.5 Å². The molecule has 26 heavy (non-hydrogen) atoms. The Morgan fingerprint density at radius 1 is 1.19 bits per heavy atom. The molecule has 2 aromatic rings. The number of nitrogens with one attached hydrogen (secondary N) is 1. The average Bonchev–Trinajstić information content (AvgIpc) is 2.61. The van der Waals surface area contributed by atoms with Crippen LogP contribution in [0.1, 0.15) is 11.1 Å². The van der Waals surface area contributed by atoms with Crippen LogP contribution in [0.25, 0.3) is 0 Å². The Labute approximate surface area is 154 Å². The van der Waals surface area contributed by atoms with Crippen LogP contribution >= 0.6 is 0 Å². The minimum absolute atomic E-state index is 0.208. The molecular formula is C19H24N2O4S. The zero-order chi connectivity index (χ0) is 18.9. The third-order valence-corrected chi connectivity index (χ3v) is 6.18. The molecule has 1 N–H and O–H groups in total. The highest BCUT2D eigenvalue weighted by atomic mass is 32.2. The highest BCUT2D eigenvalue weighted by molar-refractivity contribution is 7.92. The van der Waals surface area contributed by atoms with E-state index in [-0.39, 0.29) is 10.9 Å². The highest BCUT2D eigenvalue weighted by Gasteiger charge is 2.28. The maximum absolute atomic E-state index is 12.8. The van der Waals surface area contributed by atoms with Gasteiger partial charge in [-0.25, -0.2) is 8.42 Å². The van der Waals surface area contributed by atoms with Gasteiger partial charge in [0, 0.05) is 11.6 Å². The summed E-state index contributed by atoms with van der Waals surface area (Å²) in [5.41, 5.74) is 2.00. The van der Waals surface area contributed by atoms with Crippen molar-refractivity contribution >= 4 is 15.7 Å². The summed E-state index contributed by atoms with van der Waals surface area (Å²) in [6.45, 7) is 2.27. The van der Waals surface area contributed by atoms with Gasteiger partial charge in [0.2, 0.25) is 0 Å². The topological polar surface area (TPSA) is 67.9 Å². The third kappa shape index (κ3) is 3.50. The quantitative estimate of drug-likeness (QED) is 0.869. The summed E-state index contributed by atoms with van der Waals surface area (Å²) in [7, 11) is 1.89. The van der Waals surface area contributed by atoms with Crippen LogP contribution < -0.4 is 14.2 Å². The van der Waals surface area contributed by atoms with E-state index < -0.39 is 10.0 Å². The summed E-state index contributed by atoms with van der Waals surface area (Å²) in [6, 6.07) is 10.6. The molecule has 2 aromatic carbocycles. The lowest BCUT2D eigenvalue weighted by molar-refractivity contribution is 0.164. The fourth-order valence-electron chi connectivity index (χ4n) is 3.10. The van der Waals surface area contributed by atoms with Crippen LogP contribution in [0.15, 0.2) is 41.3 Å². The van der Waals surface area contributed by atoms with E-state index in [4.69, 9.17) is 9.47 Å². The summed E-state index contributed by atoms with van der Waals surface area (Å²) in [5.74, 6) is 1.24. The lowest BCUT2D eigenvalue weighted by atomic mass is 10.00. The molecule has 0 spiro atoms. The minimum atomic E-state index is -3.71. The molecule has 0 aromatic heterocycles. The van der Waals surface area contributed by atoms with E-state index in [1.165, 1.54) is 0 Å². The van der Waals surface area contributed by atoms with Crippen LogP contribution in [0.4, 0.5) is 5.69 Å². The first-order chi connectivity index (χ1) is 12.3. The number of sulfonamides is 1. The number of rotatable bonds is 5. The molecular weight excluding hydrogens is 352 g/mol. The van der Waals surface area contributed by atoms with Crippen LogP contribution in [-0.4, -0.2) is 47.2 Å². The van der Waals surface area contributed by atoms with E-state index in [0.29, 0.717) is 29.4 Å². The molecule has 1 atom stereocenters. The molecule has 0 saturated heterocycles. The van der Waals surface area contributed by atoms with E-state index in [2.05, 4.69) is 9.62 Å². The first-order valence-corrected chi connectivity index (χ1v) is 9.89. The predicted molar refractivity (Wildman–Crippen MR) is 102 cm³/mol. The number of aryl methyl sites for hydroxylation is 1. The second kappa shape index (κ2) is 7.17. The standard InChI is InChI=1S/C19H24N2O4S/c1-13-7-5-6-8-18(13)26(22,23)20-16-9-10-17(24-4)15-11-14(21(2)3)12-25-19(15)16/h5-10,14,20H,11-12H2,1-4H3/t14-/m1/s1. The number of anilines is 1. The van der Waals surface area contributed by atoms with Crippen molar-refractivity contribution in [1.29, 1.82) is 0 Å². The lowest BCUT2D eigenvalue weighted by Crippen LogP contribution is -2.38. The summed E-state index contributed by atoms with van der Waals surface area (Å²) < 4.78 is 39.7. The monoisotopic (exact) mass is 376 g/mol. The van der Waals surface area contributed by atoms with Gasteiger partial charge in [-0.2, -0.15) is 0 Å². The van der Waals surface area contributed by atoms with Gasteiger partial charge in [0.1, 0.15) is 18.1 Å². The molecule has 3 rings (SSSR count). The molecule has 1 aliphatic rings. The first-order valence-electron chi connectivity index (χ1n) is 8.41. The summed E-state index contributed by atoms with van der Waals surface area (Å²) in [5, 5.41) is 0. The Kier molecular flexibility index (Phi) is 5.11. The van der Waals surface area contributed by atoms with Gasteiger partial charge in [-0.1, -0.05) is 18.2 Å². The fourth-order valence-corrected chi connectivity index (χ4v) is 4.41. The number of hydrogen-bond acceptors (Lipinski definition) is 5. The summed E-state index contributed by atoms with van der Waals surface area (Å²) >= 11 is 0. The van der Waals surface area contributed by atoms with E-state index in [1.54, 1.807) is 44.4 Å². The van der Waals surface area contributed by atoms with Gasteiger partial charge in [-0.15, -0.1) is 0 Å². The Hall–Kier alpha value is -2.25. The Morgan fingerprint density at radius 3 is 2.58 bits per heavy atom. The maximum Gasteiger partial charge on any atom is 0.262 e. The van der Waals surface area contributed by atoms with Crippen LogP contribution in [-0.2, 0) is 16.4 Å². The van der Waals surface area contributed by atoms with E-state index in [0.717, 1.165) is 12.0 Å². The number of hydrogen-bond donors (Lipinski definition) is 1. The maximum atomic E-state index is 12.8. The van der Waals surface area contributed by atoms with Crippen molar-refractivity contribution < 1.29 is 17.9 Å². The number of methoxy groups -OCH3 is 1. The van der Waals surface area contributed by atoms with Gasteiger partial charge in [-0.05, 0) is 51.2 Å². The zero-order valence-electron chi connectivity index (χ0n) is 15.4. The van der Waals surface area contributed by atoms with Gasteiger partial charge in [0.05, 0.1) is 17.7 Å². The van der Waals surface area contributed by atoms with Crippen molar-refractivity contribution in [3.8, 4) is 11.5 Å². The predicted octanol–water partition coefficient (Wildman–Crippen LogP) is 2.67. The number of benzene rings is 2. The smallest absolute Gasteiger partial charge is 0.262 e. The van der Waals surface area contributed by atoms with Gasteiger partial charge in [0.25, 0.3) is 10.0 Å². The number of likely N-dealkylation sites (N-methyl/N-ethyl adjacent to an activating group) is 1. The Balaban J connectivity index is 2.00. The minimum Gasteiger partial charge on any atom is -0.496 e. The molecule has 0 saturated carbocycles. The molecule has 6 nitrogen and oxygen atoms in total. The van der Waals surface area contributed by atoms with E-state index in [9.17, 15) is 8.42 Å². The van der Waals surface area contributed by atoms with Crippen LogP contribution in [0.2, 0.25) is 0 Å². The first kappa shape index (κ1) is 18.5. The average molecular weight is 376 g/mol. The van der Waals surface area contributed by atoms with Gasteiger partial charge in [-0.3, -0.25) is 4.72 Å². The molecule has 1 aliphatic heterocycles. The van der Waals surface area contributed by atoms with Gasteiger partial charge < -0.3 is 14.4 Å². The number of fused-ring (bicyclic) bond motifs is 1. The second-order valence-electron chi connectivity index (χ2n) is 6.63. The molecule has 0 unspecified atom stereocenters. The molecule has 0 fully saturated rings. The summed E-state index contributed by atoms with van der Waals surface area (Å²) in [4.78, 5) is 2.35. The Bertz CT molecular complexity index is 910. The molecule has 0 radical (unpaired) electrons. The largest absolute Gasteiger partial charge is 0.496 e. The number of ether oxygens (including phenoxy) is 2. The SMILES string of the molecule is COc1ccc(NS(=O)(=O)c2ccccc2C)c2c1C[C@@H](N(C)C)CO2. The third-order valence-electron chi connectivity index (χ3n) is 4.65. The fraction of sp³-hybridized carbons (Fsp3) is 0.368. The molecule has 0 aliphatic carbocycles. The van der Waals surface area contributed by atoms with Crippen molar-refractivity contribution in [3.63, 3.8) is 0 Å².